The van der Waals surface area contributed by atoms with Gasteiger partial charge in [0.25, 0.3) is 0 Å². The van der Waals surface area contributed by atoms with E-state index in [2.05, 4.69) is 13.5 Å². The van der Waals surface area contributed by atoms with Crippen LogP contribution in [0.25, 0.3) is 0 Å². The Balaban J connectivity index is 2.22. The molecule has 0 heterocycles. The molecule has 2 atom stereocenters. The highest BCUT2D eigenvalue weighted by Crippen LogP contribution is 2.71. The van der Waals surface area contributed by atoms with Crippen LogP contribution in [0.1, 0.15) is 6.92 Å². The molecule has 2 aliphatic carbocycles. The molecule has 6 heavy (non-hydrogen) atoms. The molecule has 0 aliphatic heterocycles. The summed E-state index contributed by atoms with van der Waals surface area (Å²) < 4.78 is 0. The Bertz CT molecular complexity index is 101. The summed E-state index contributed by atoms with van der Waals surface area (Å²) in [6, 6.07) is 0. The Hall–Kier alpha value is -0.260. The fourth-order valence-electron chi connectivity index (χ4n) is 1.38. The van der Waals surface area contributed by atoms with Crippen molar-refractivity contribution in [3.63, 3.8) is 0 Å². The zero-order valence-electron chi connectivity index (χ0n) is 3.94. The van der Waals surface area contributed by atoms with Gasteiger partial charge in [-0.1, -0.05) is 19.1 Å². The Morgan fingerprint density at radius 1 is 1.50 bits per heavy atom. The Morgan fingerprint density at radius 2 is 2.00 bits per heavy atom. The predicted octanol–water partition coefficient (Wildman–Crippen LogP) is 1.44. The number of hydrogen-bond donors (Lipinski definition) is 0. The summed E-state index contributed by atoms with van der Waals surface area (Å²) in [5.41, 5.74) is 1.52. The van der Waals surface area contributed by atoms with Gasteiger partial charge in [-0.2, -0.15) is 0 Å². The van der Waals surface area contributed by atoms with Gasteiger partial charge in [0, 0.05) is 0 Å². The van der Waals surface area contributed by atoms with E-state index in [9.17, 15) is 0 Å². The highest BCUT2D eigenvalue weighted by atomic mass is 14.7. The van der Waals surface area contributed by atoms with Gasteiger partial charge in [-0.3, -0.25) is 0 Å². The molecule has 2 fully saturated rings. The van der Waals surface area contributed by atoms with Crippen molar-refractivity contribution in [3.8, 4) is 0 Å². The van der Waals surface area contributed by atoms with Gasteiger partial charge in [-0.25, -0.2) is 0 Å². The van der Waals surface area contributed by atoms with Gasteiger partial charge >= 0.3 is 0 Å². The first-order valence-electron chi connectivity index (χ1n) is 2.51. The van der Waals surface area contributed by atoms with Gasteiger partial charge in [0.05, 0.1) is 0 Å². The average Bonchev–Trinajstić information content (AvgIpc) is 2.28. The molecule has 2 unspecified atom stereocenters. The number of fused-ring (bicyclic) bond motifs is 1. The van der Waals surface area contributed by atoms with Gasteiger partial charge in [0.1, 0.15) is 0 Å². The number of allylic oxidation sites excluding steroid dienone is 1. The van der Waals surface area contributed by atoms with Crippen molar-refractivity contribution in [3.05, 3.63) is 12.2 Å². The maximum atomic E-state index is 3.85. The average molecular weight is 80.1 g/mol. The summed E-state index contributed by atoms with van der Waals surface area (Å²) in [6.07, 6.45) is 0. The Morgan fingerprint density at radius 3 is 2.00 bits per heavy atom. The van der Waals surface area contributed by atoms with Crippen LogP contribution in [0.5, 0.6) is 0 Å². The van der Waals surface area contributed by atoms with Crippen molar-refractivity contribution >= 4 is 0 Å². The van der Waals surface area contributed by atoms with E-state index in [1.54, 1.807) is 0 Å². The molecule has 2 aliphatic rings. The molecule has 0 heteroatoms. The Labute approximate surface area is 37.9 Å². The standard InChI is InChI=1S/C6H8/c1-3-5-4(2)6(3)5/h4-6H,1H2,2H3. The van der Waals surface area contributed by atoms with Gasteiger partial charge in [-0.15, -0.1) is 0 Å². The summed E-state index contributed by atoms with van der Waals surface area (Å²) in [5.74, 6) is 3.01. The summed E-state index contributed by atoms with van der Waals surface area (Å²) in [7, 11) is 0. The first kappa shape index (κ1) is 2.84. The van der Waals surface area contributed by atoms with Crippen molar-refractivity contribution in [2.24, 2.45) is 17.8 Å². The second-order valence-corrected chi connectivity index (χ2v) is 2.49. The normalized spacial score (nSPS) is 60.8. The molecule has 0 saturated heterocycles. The third kappa shape index (κ3) is 0.113. The summed E-state index contributed by atoms with van der Waals surface area (Å²) in [6.45, 7) is 6.14. The fraction of sp³-hybridized carbons (Fsp3) is 0.667. The maximum absolute atomic E-state index is 3.85. The quantitative estimate of drug-likeness (QED) is 0.386. The fourth-order valence-corrected chi connectivity index (χ4v) is 1.38. The van der Waals surface area contributed by atoms with Crippen LogP contribution in [0.15, 0.2) is 12.2 Å². The third-order valence-electron chi connectivity index (χ3n) is 2.13. The van der Waals surface area contributed by atoms with Crippen molar-refractivity contribution in [2.75, 3.05) is 0 Å². The highest BCUT2D eigenvalue weighted by Gasteiger charge is 2.65. The molecule has 0 aromatic heterocycles. The lowest BCUT2D eigenvalue weighted by atomic mass is 10.2. The van der Waals surface area contributed by atoms with E-state index in [-0.39, 0.29) is 0 Å². The van der Waals surface area contributed by atoms with Gasteiger partial charge in [0.2, 0.25) is 0 Å². The Kier molecular flexibility index (Phi) is 0.228. The lowest BCUT2D eigenvalue weighted by molar-refractivity contribution is 0.782. The van der Waals surface area contributed by atoms with Crippen LogP contribution in [0.2, 0.25) is 0 Å². The van der Waals surface area contributed by atoms with Crippen LogP contribution in [0, 0.1) is 17.8 Å². The number of rotatable bonds is 0. The molecule has 2 saturated carbocycles. The first-order chi connectivity index (χ1) is 2.82. The molecular weight excluding hydrogens is 72.1 g/mol. The zero-order chi connectivity index (χ0) is 4.31. The molecule has 0 nitrogen and oxygen atoms in total. The van der Waals surface area contributed by atoms with Gasteiger partial charge in [-0.05, 0) is 17.8 Å². The lowest BCUT2D eigenvalue weighted by Crippen LogP contribution is -1.78. The molecule has 0 aromatic rings. The molecule has 2 rings (SSSR count). The molecule has 0 aromatic carbocycles. The summed E-state index contributed by atoms with van der Waals surface area (Å²) in [4.78, 5) is 0. The van der Waals surface area contributed by atoms with Crippen LogP contribution < -0.4 is 0 Å². The largest absolute Gasteiger partial charge is 0.0992 e. The SMILES string of the molecule is C=C1C2C(C)C12. The van der Waals surface area contributed by atoms with Crippen molar-refractivity contribution in [1.29, 1.82) is 0 Å². The molecular formula is C6H8. The molecule has 0 spiro atoms. The lowest BCUT2D eigenvalue weighted by Gasteiger charge is -1.87. The van der Waals surface area contributed by atoms with Crippen molar-refractivity contribution in [2.45, 2.75) is 6.92 Å². The minimum Gasteiger partial charge on any atom is -0.0992 e. The van der Waals surface area contributed by atoms with E-state index >= 15 is 0 Å². The smallest absolute Gasteiger partial charge is 0.0103 e. The van der Waals surface area contributed by atoms with Crippen LogP contribution >= 0.6 is 0 Å². The van der Waals surface area contributed by atoms with Crippen LogP contribution in [0.4, 0.5) is 0 Å². The van der Waals surface area contributed by atoms with E-state index in [1.807, 2.05) is 0 Å². The van der Waals surface area contributed by atoms with Crippen molar-refractivity contribution < 1.29 is 0 Å². The van der Waals surface area contributed by atoms with Crippen LogP contribution in [-0.4, -0.2) is 0 Å². The second-order valence-electron chi connectivity index (χ2n) is 2.49. The molecule has 32 valence electrons. The van der Waals surface area contributed by atoms with Crippen molar-refractivity contribution in [1.82, 2.24) is 0 Å². The van der Waals surface area contributed by atoms with Gasteiger partial charge < -0.3 is 0 Å². The maximum Gasteiger partial charge on any atom is -0.0103 e. The predicted molar refractivity (Wildman–Crippen MR) is 25.3 cm³/mol. The molecule has 0 radical (unpaired) electrons. The third-order valence-corrected chi connectivity index (χ3v) is 2.13. The first-order valence-corrected chi connectivity index (χ1v) is 2.51. The molecule has 0 amide bonds. The monoisotopic (exact) mass is 80.1 g/mol. The topological polar surface area (TPSA) is 0 Å². The van der Waals surface area contributed by atoms with E-state index < -0.39 is 0 Å². The second kappa shape index (κ2) is 0.481. The van der Waals surface area contributed by atoms with Crippen LogP contribution in [-0.2, 0) is 0 Å². The van der Waals surface area contributed by atoms with Crippen LogP contribution in [0.3, 0.4) is 0 Å². The molecule has 0 N–H and O–H groups in total. The van der Waals surface area contributed by atoms with E-state index in [1.165, 1.54) is 5.57 Å². The molecule has 0 bridgehead atoms. The number of hydrogen-bond acceptors (Lipinski definition) is 0. The van der Waals surface area contributed by atoms with E-state index in [4.69, 9.17) is 0 Å². The summed E-state index contributed by atoms with van der Waals surface area (Å²) >= 11 is 0. The van der Waals surface area contributed by atoms with Gasteiger partial charge in [0.15, 0.2) is 0 Å². The van der Waals surface area contributed by atoms with E-state index in [0.29, 0.717) is 0 Å². The minimum absolute atomic E-state index is 0.991. The highest BCUT2D eigenvalue weighted by molar-refractivity contribution is 5.41. The zero-order valence-corrected chi connectivity index (χ0v) is 3.94. The minimum atomic E-state index is 0.991. The van der Waals surface area contributed by atoms with E-state index in [0.717, 1.165) is 17.8 Å². The summed E-state index contributed by atoms with van der Waals surface area (Å²) in [5, 5.41) is 0.